The summed E-state index contributed by atoms with van der Waals surface area (Å²) in [6, 6.07) is 15.3. The molecule has 0 aliphatic carbocycles. The molecule has 1 amide bonds. The molecule has 0 saturated carbocycles. The van der Waals surface area contributed by atoms with Crippen LogP contribution in [0.4, 0.5) is 0 Å². The molecule has 1 heterocycles. The van der Waals surface area contributed by atoms with E-state index >= 15 is 0 Å². The zero-order valence-corrected chi connectivity index (χ0v) is 18.2. The predicted octanol–water partition coefficient (Wildman–Crippen LogP) is 2.43. The molecule has 0 spiro atoms. The maximum Gasteiger partial charge on any atom is 0.248 e. The third kappa shape index (κ3) is 5.01. The van der Waals surface area contributed by atoms with Gasteiger partial charge in [0.2, 0.25) is 5.91 Å². The van der Waals surface area contributed by atoms with Crippen LogP contribution in [0.3, 0.4) is 0 Å². The van der Waals surface area contributed by atoms with Crippen molar-refractivity contribution in [2.75, 3.05) is 33.4 Å². The molecule has 0 aromatic heterocycles. The lowest BCUT2D eigenvalue weighted by molar-refractivity contribution is -0.133. The highest BCUT2D eigenvalue weighted by Gasteiger charge is 2.48. The summed E-state index contributed by atoms with van der Waals surface area (Å²) in [4.78, 5) is 13.7. The number of aliphatic hydroxyl groups is 2. The van der Waals surface area contributed by atoms with E-state index in [0.29, 0.717) is 24.6 Å². The third-order valence-electron chi connectivity index (χ3n) is 6.07. The second-order valence-corrected chi connectivity index (χ2v) is 8.03. The van der Waals surface area contributed by atoms with Gasteiger partial charge < -0.3 is 24.6 Å². The van der Waals surface area contributed by atoms with E-state index in [-0.39, 0.29) is 18.4 Å². The Morgan fingerprint density at radius 1 is 1.26 bits per heavy atom. The number of benzene rings is 2. The highest BCUT2D eigenvalue weighted by atomic mass is 16.5. The van der Waals surface area contributed by atoms with Crippen molar-refractivity contribution in [3.8, 4) is 23.3 Å². The summed E-state index contributed by atoms with van der Waals surface area (Å²) < 4.78 is 11.3. The highest BCUT2D eigenvalue weighted by Crippen LogP contribution is 2.46. The number of carbonyl (C=O) groups excluding carboxylic acids is 1. The molecule has 1 aliphatic rings. The van der Waals surface area contributed by atoms with Crippen molar-refractivity contribution >= 4 is 5.91 Å². The Morgan fingerprint density at radius 2 is 2.00 bits per heavy atom. The number of hydrogen-bond acceptors (Lipinski definition) is 5. The van der Waals surface area contributed by atoms with E-state index in [1.165, 1.54) is 0 Å². The topological polar surface area (TPSA) is 79.2 Å². The summed E-state index contributed by atoms with van der Waals surface area (Å²) >= 11 is 0. The van der Waals surface area contributed by atoms with Crippen LogP contribution in [0, 0.1) is 17.3 Å². The van der Waals surface area contributed by atoms with Gasteiger partial charge in [-0.2, -0.15) is 0 Å². The normalized spacial score (nSPS) is 21.2. The number of nitrogens with zero attached hydrogens (tertiary/aromatic N) is 1. The van der Waals surface area contributed by atoms with E-state index in [2.05, 4.69) is 11.8 Å². The average Bonchev–Trinajstić information content (AvgIpc) is 3.15. The molecule has 164 valence electrons. The van der Waals surface area contributed by atoms with Crippen LogP contribution in [0.2, 0.25) is 0 Å². The zero-order chi connectivity index (χ0) is 22.4. The molecule has 1 saturated heterocycles. The van der Waals surface area contributed by atoms with E-state index in [1.807, 2.05) is 55.5 Å². The van der Waals surface area contributed by atoms with Crippen LogP contribution in [0.1, 0.15) is 30.9 Å². The van der Waals surface area contributed by atoms with Crippen molar-refractivity contribution in [3.05, 3.63) is 59.7 Å². The molecule has 2 aromatic rings. The van der Waals surface area contributed by atoms with Crippen molar-refractivity contribution in [1.29, 1.82) is 0 Å². The minimum absolute atomic E-state index is 0.119. The van der Waals surface area contributed by atoms with Gasteiger partial charge in [-0.05, 0) is 36.8 Å². The van der Waals surface area contributed by atoms with Gasteiger partial charge in [-0.25, -0.2) is 0 Å². The van der Waals surface area contributed by atoms with Gasteiger partial charge >= 0.3 is 0 Å². The smallest absolute Gasteiger partial charge is 0.248 e. The minimum Gasteiger partial charge on any atom is -0.493 e. The number of hydrogen-bond donors (Lipinski definition) is 2. The quantitative estimate of drug-likeness (QED) is 0.698. The maximum atomic E-state index is 12.1. The molecular formula is C25H29NO5. The standard InChI is InChI=1S/C25H29NO5/c1-18(28)25(2)17-26(24(29)16-27)15-21(25)20-11-12-22(30-3)23(14-20)31-13-7-10-19-8-5-4-6-9-19/h4-6,8-9,11-12,14,18,21,27-28H,13,15-17H2,1-3H3. The van der Waals surface area contributed by atoms with E-state index in [4.69, 9.17) is 9.47 Å². The summed E-state index contributed by atoms with van der Waals surface area (Å²) in [7, 11) is 1.58. The molecule has 0 radical (unpaired) electrons. The fraction of sp³-hybridized carbons (Fsp3) is 0.400. The van der Waals surface area contributed by atoms with Crippen LogP contribution in [0.25, 0.3) is 0 Å². The van der Waals surface area contributed by atoms with E-state index in [1.54, 1.807) is 18.9 Å². The van der Waals surface area contributed by atoms with Gasteiger partial charge in [-0.1, -0.05) is 43.0 Å². The molecule has 2 N–H and O–H groups in total. The summed E-state index contributed by atoms with van der Waals surface area (Å²) in [5.74, 6) is 6.75. The molecule has 1 aliphatic heterocycles. The molecule has 31 heavy (non-hydrogen) atoms. The van der Waals surface area contributed by atoms with Gasteiger partial charge in [-0.3, -0.25) is 4.79 Å². The number of aliphatic hydroxyl groups excluding tert-OH is 2. The van der Waals surface area contributed by atoms with Gasteiger partial charge in [0.25, 0.3) is 0 Å². The highest BCUT2D eigenvalue weighted by molar-refractivity contribution is 5.77. The second kappa shape index (κ2) is 9.86. The van der Waals surface area contributed by atoms with Crippen molar-refractivity contribution in [2.45, 2.75) is 25.9 Å². The van der Waals surface area contributed by atoms with E-state index in [9.17, 15) is 15.0 Å². The molecule has 3 unspecified atom stereocenters. The zero-order valence-electron chi connectivity index (χ0n) is 18.2. The molecule has 6 heteroatoms. The van der Waals surface area contributed by atoms with E-state index < -0.39 is 18.1 Å². The Balaban J connectivity index is 1.83. The first-order valence-electron chi connectivity index (χ1n) is 10.3. The lowest BCUT2D eigenvalue weighted by atomic mass is 9.72. The first-order chi connectivity index (χ1) is 14.9. The predicted molar refractivity (Wildman–Crippen MR) is 118 cm³/mol. The molecule has 3 atom stereocenters. The first-order valence-corrected chi connectivity index (χ1v) is 10.3. The largest absolute Gasteiger partial charge is 0.493 e. The van der Waals surface area contributed by atoms with Crippen LogP contribution in [0.5, 0.6) is 11.5 Å². The molecule has 3 rings (SSSR count). The maximum absolute atomic E-state index is 12.1. The molecule has 1 fully saturated rings. The van der Waals surface area contributed by atoms with Crippen LogP contribution in [0.15, 0.2) is 48.5 Å². The van der Waals surface area contributed by atoms with Crippen LogP contribution >= 0.6 is 0 Å². The fourth-order valence-corrected chi connectivity index (χ4v) is 4.01. The van der Waals surface area contributed by atoms with Crippen molar-refractivity contribution in [1.82, 2.24) is 4.90 Å². The van der Waals surface area contributed by atoms with E-state index in [0.717, 1.165) is 11.1 Å². The summed E-state index contributed by atoms with van der Waals surface area (Å²) in [6.07, 6.45) is -0.641. The second-order valence-electron chi connectivity index (χ2n) is 8.03. The lowest BCUT2D eigenvalue weighted by Crippen LogP contribution is -2.38. The van der Waals surface area contributed by atoms with Crippen LogP contribution in [-0.2, 0) is 4.79 Å². The number of amides is 1. The number of ether oxygens (including phenoxy) is 2. The van der Waals surface area contributed by atoms with Gasteiger partial charge in [0.15, 0.2) is 11.5 Å². The van der Waals surface area contributed by atoms with Gasteiger partial charge in [0.1, 0.15) is 13.2 Å². The number of methoxy groups -OCH3 is 1. The minimum atomic E-state index is -0.641. The van der Waals surface area contributed by atoms with Gasteiger partial charge in [-0.15, -0.1) is 0 Å². The summed E-state index contributed by atoms with van der Waals surface area (Å²) in [6.45, 7) is 4.14. The van der Waals surface area contributed by atoms with Gasteiger partial charge in [0, 0.05) is 30.0 Å². The first kappa shape index (κ1) is 22.7. The van der Waals surface area contributed by atoms with Crippen molar-refractivity contribution in [2.24, 2.45) is 5.41 Å². The SMILES string of the molecule is COc1ccc(C2CN(C(=O)CO)CC2(C)C(C)O)cc1OCC#Cc1ccccc1. The Kier molecular flexibility index (Phi) is 7.21. The molecular weight excluding hydrogens is 394 g/mol. The van der Waals surface area contributed by atoms with Gasteiger partial charge in [0.05, 0.1) is 13.2 Å². The monoisotopic (exact) mass is 423 g/mol. The van der Waals surface area contributed by atoms with Crippen molar-refractivity contribution in [3.63, 3.8) is 0 Å². The van der Waals surface area contributed by atoms with Crippen LogP contribution < -0.4 is 9.47 Å². The molecule has 2 aromatic carbocycles. The average molecular weight is 424 g/mol. The number of likely N-dealkylation sites (tertiary alicyclic amines) is 1. The molecule has 6 nitrogen and oxygen atoms in total. The fourth-order valence-electron chi connectivity index (χ4n) is 4.01. The Bertz CT molecular complexity index is 963. The molecule has 0 bridgehead atoms. The summed E-state index contributed by atoms with van der Waals surface area (Å²) in [5.41, 5.74) is 1.30. The third-order valence-corrected chi connectivity index (χ3v) is 6.07. The Labute approximate surface area is 183 Å². The lowest BCUT2D eigenvalue weighted by Gasteiger charge is -2.33. The van der Waals surface area contributed by atoms with Crippen molar-refractivity contribution < 1.29 is 24.5 Å². The van der Waals surface area contributed by atoms with Crippen LogP contribution in [-0.4, -0.2) is 60.5 Å². The number of rotatable bonds is 6. The number of carbonyl (C=O) groups is 1. The summed E-state index contributed by atoms with van der Waals surface area (Å²) in [5, 5.41) is 19.8. The Morgan fingerprint density at radius 3 is 2.65 bits per heavy atom. The Hall–Kier alpha value is -3.01.